The van der Waals surface area contributed by atoms with E-state index in [1.54, 1.807) is 19.2 Å². The molecule has 0 aromatic heterocycles. The van der Waals surface area contributed by atoms with Crippen molar-refractivity contribution < 1.29 is 13.9 Å². The molecule has 2 rings (SSSR count). The third-order valence-electron chi connectivity index (χ3n) is 4.24. The number of Topliss-reactive ketones (excluding diaryl/α,β-unsaturated/α-hetero) is 1. The molecule has 2 unspecified atom stereocenters. The van der Waals surface area contributed by atoms with Crippen LogP contribution in [0.2, 0.25) is 5.02 Å². The zero-order chi connectivity index (χ0) is 14.8. The van der Waals surface area contributed by atoms with E-state index in [2.05, 4.69) is 6.92 Å². The number of methoxy groups -OCH3 is 1. The van der Waals surface area contributed by atoms with Crippen LogP contribution in [0.3, 0.4) is 0 Å². The van der Waals surface area contributed by atoms with E-state index in [9.17, 15) is 9.18 Å². The Labute approximate surface area is 124 Å². The van der Waals surface area contributed by atoms with Crippen LogP contribution in [0.1, 0.15) is 38.2 Å². The standard InChI is InChI=1S/C16H20ClFO2/c1-11-5-4-8-16(10-11,20-2)14(19)9-12-6-3-7-13(17)15(12)18/h3,6-7,11H,4-5,8-10H2,1-2H3. The Morgan fingerprint density at radius 3 is 2.95 bits per heavy atom. The summed E-state index contributed by atoms with van der Waals surface area (Å²) in [5.74, 6) is -0.0952. The van der Waals surface area contributed by atoms with Crippen molar-refractivity contribution in [3.63, 3.8) is 0 Å². The van der Waals surface area contributed by atoms with Crippen molar-refractivity contribution in [1.29, 1.82) is 0 Å². The number of halogens is 2. The number of hydrogen-bond donors (Lipinski definition) is 0. The van der Waals surface area contributed by atoms with E-state index in [-0.39, 0.29) is 17.2 Å². The first-order valence-corrected chi connectivity index (χ1v) is 7.37. The summed E-state index contributed by atoms with van der Waals surface area (Å²) >= 11 is 5.76. The van der Waals surface area contributed by atoms with E-state index >= 15 is 0 Å². The topological polar surface area (TPSA) is 26.3 Å². The molecule has 0 N–H and O–H groups in total. The molecule has 2 nitrogen and oxygen atoms in total. The first kappa shape index (κ1) is 15.5. The van der Waals surface area contributed by atoms with Gasteiger partial charge in [-0.05, 0) is 36.8 Å². The largest absolute Gasteiger partial charge is 0.370 e. The molecule has 0 spiro atoms. The van der Waals surface area contributed by atoms with Gasteiger partial charge in [-0.25, -0.2) is 4.39 Å². The minimum atomic E-state index is -0.758. The molecule has 1 aliphatic carbocycles. The smallest absolute Gasteiger partial charge is 0.169 e. The normalized spacial score (nSPS) is 26.5. The number of rotatable bonds is 4. The van der Waals surface area contributed by atoms with Gasteiger partial charge in [-0.2, -0.15) is 0 Å². The molecule has 1 aromatic carbocycles. The van der Waals surface area contributed by atoms with Gasteiger partial charge in [-0.3, -0.25) is 4.79 Å². The number of carbonyl (C=O) groups is 1. The van der Waals surface area contributed by atoms with Crippen molar-refractivity contribution >= 4 is 17.4 Å². The van der Waals surface area contributed by atoms with Gasteiger partial charge >= 0.3 is 0 Å². The molecule has 0 bridgehead atoms. The number of benzene rings is 1. The van der Waals surface area contributed by atoms with Gasteiger partial charge in [0, 0.05) is 13.5 Å². The second kappa shape index (κ2) is 6.23. The summed E-state index contributed by atoms with van der Waals surface area (Å²) in [6, 6.07) is 4.76. The average molecular weight is 299 g/mol. The summed E-state index contributed by atoms with van der Waals surface area (Å²) in [6.07, 6.45) is 3.55. The molecule has 0 aliphatic heterocycles. The lowest BCUT2D eigenvalue weighted by molar-refractivity contribution is -0.146. The highest BCUT2D eigenvalue weighted by Gasteiger charge is 2.41. The van der Waals surface area contributed by atoms with Crippen molar-refractivity contribution in [3.8, 4) is 0 Å². The van der Waals surface area contributed by atoms with Crippen molar-refractivity contribution in [3.05, 3.63) is 34.6 Å². The maximum absolute atomic E-state index is 13.9. The van der Waals surface area contributed by atoms with E-state index in [0.29, 0.717) is 17.9 Å². The first-order valence-electron chi connectivity index (χ1n) is 7.00. The summed E-state index contributed by atoms with van der Waals surface area (Å²) in [5, 5.41) is 0.0544. The summed E-state index contributed by atoms with van der Waals surface area (Å²) in [6.45, 7) is 2.13. The average Bonchev–Trinajstić information content (AvgIpc) is 2.43. The molecule has 1 saturated carbocycles. The fraction of sp³-hybridized carbons (Fsp3) is 0.562. The lowest BCUT2D eigenvalue weighted by Gasteiger charge is -2.37. The van der Waals surface area contributed by atoms with Gasteiger partial charge in [0.15, 0.2) is 5.78 Å². The molecular formula is C16H20ClFO2. The maximum Gasteiger partial charge on any atom is 0.169 e. The minimum Gasteiger partial charge on any atom is -0.370 e. The van der Waals surface area contributed by atoms with Crippen LogP contribution in [-0.2, 0) is 16.0 Å². The van der Waals surface area contributed by atoms with Crippen LogP contribution in [0.4, 0.5) is 4.39 Å². The van der Waals surface area contributed by atoms with Crippen LogP contribution in [0.25, 0.3) is 0 Å². The van der Waals surface area contributed by atoms with Gasteiger partial charge in [-0.15, -0.1) is 0 Å². The fourth-order valence-corrected chi connectivity index (χ4v) is 3.27. The van der Waals surface area contributed by atoms with Crippen molar-refractivity contribution in [2.24, 2.45) is 5.92 Å². The SMILES string of the molecule is COC1(C(=O)Cc2cccc(Cl)c2F)CCCC(C)C1. The van der Waals surface area contributed by atoms with Crippen LogP contribution < -0.4 is 0 Å². The summed E-state index contributed by atoms with van der Waals surface area (Å²) in [7, 11) is 1.57. The monoisotopic (exact) mass is 298 g/mol. The number of ether oxygens (including phenoxy) is 1. The molecule has 0 radical (unpaired) electrons. The van der Waals surface area contributed by atoms with E-state index < -0.39 is 11.4 Å². The van der Waals surface area contributed by atoms with Crippen LogP contribution in [0, 0.1) is 11.7 Å². The molecule has 110 valence electrons. The van der Waals surface area contributed by atoms with Gasteiger partial charge < -0.3 is 4.74 Å². The highest BCUT2D eigenvalue weighted by atomic mass is 35.5. The predicted octanol–water partition coefficient (Wildman–Crippen LogP) is 4.19. The summed E-state index contributed by atoms with van der Waals surface area (Å²) in [5.41, 5.74) is -0.413. The van der Waals surface area contributed by atoms with Gasteiger partial charge in [0.2, 0.25) is 0 Å². The van der Waals surface area contributed by atoms with Crippen molar-refractivity contribution in [2.75, 3.05) is 7.11 Å². The van der Waals surface area contributed by atoms with Gasteiger partial charge in [-0.1, -0.05) is 37.1 Å². The van der Waals surface area contributed by atoms with E-state index in [0.717, 1.165) is 19.3 Å². The zero-order valence-corrected chi connectivity index (χ0v) is 12.7. The number of hydrogen-bond acceptors (Lipinski definition) is 2. The Kier molecular flexibility index (Phi) is 4.82. The fourth-order valence-electron chi connectivity index (χ4n) is 3.07. The lowest BCUT2D eigenvalue weighted by atomic mass is 9.75. The van der Waals surface area contributed by atoms with Gasteiger partial charge in [0.25, 0.3) is 0 Å². The van der Waals surface area contributed by atoms with Crippen LogP contribution >= 0.6 is 11.6 Å². The highest BCUT2D eigenvalue weighted by molar-refractivity contribution is 6.30. The maximum atomic E-state index is 13.9. The highest BCUT2D eigenvalue weighted by Crippen LogP contribution is 2.36. The van der Waals surface area contributed by atoms with Gasteiger partial charge in [0.1, 0.15) is 11.4 Å². The van der Waals surface area contributed by atoms with Crippen molar-refractivity contribution in [2.45, 2.75) is 44.6 Å². The quantitative estimate of drug-likeness (QED) is 0.833. The number of carbonyl (C=O) groups excluding carboxylic acids is 1. The Hall–Kier alpha value is -0.930. The molecule has 0 saturated heterocycles. The molecular weight excluding hydrogens is 279 g/mol. The zero-order valence-electron chi connectivity index (χ0n) is 11.9. The summed E-state index contributed by atoms with van der Waals surface area (Å²) in [4.78, 5) is 12.6. The molecule has 2 atom stereocenters. The second-order valence-electron chi connectivity index (χ2n) is 5.71. The van der Waals surface area contributed by atoms with E-state index in [1.807, 2.05) is 0 Å². The Morgan fingerprint density at radius 1 is 1.55 bits per heavy atom. The van der Waals surface area contributed by atoms with E-state index in [4.69, 9.17) is 16.3 Å². The van der Waals surface area contributed by atoms with Crippen LogP contribution in [0.15, 0.2) is 18.2 Å². The van der Waals surface area contributed by atoms with Gasteiger partial charge in [0.05, 0.1) is 5.02 Å². The molecule has 1 aromatic rings. The Morgan fingerprint density at radius 2 is 2.30 bits per heavy atom. The molecule has 1 fully saturated rings. The Balaban J connectivity index is 2.19. The van der Waals surface area contributed by atoms with Crippen LogP contribution in [-0.4, -0.2) is 18.5 Å². The molecule has 4 heteroatoms. The van der Waals surface area contributed by atoms with E-state index in [1.165, 1.54) is 6.07 Å². The molecule has 20 heavy (non-hydrogen) atoms. The first-order chi connectivity index (χ1) is 9.48. The van der Waals surface area contributed by atoms with Crippen molar-refractivity contribution in [1.82, 2.24) is 0 Å². The number of ketones is 1. The second-order valence-corrected chi connectivity index (χ2v) is 6.12. The molecule has 0 heterocycles. The molecule has 0 amide bonds. The minimum absolute atomic E-state index is 0.0347. The third kappa shape index (κ3) is 3.04. The third-order valence-corrected chi connectivity index (χ3v) is 4.53. The predicted molar refractivity (Wildman–Crippen MR) is 77.5 cm³/mol. The Bertz CT molecular complexity index is 503. The van der Waals surface area contributed by atoms with Crippen LogP contribution in [0.5, 0.6) is 0 Å². The summed E-state index contributed by atoms with van der Waals surface area (Å²) < 4.78 is 19.5. The lowest BCUT2D eigenvalue weighted by Crippen LogP contribution is -2.45. The molecule has 1 aliphatic rings.